The van der Waals surface area contributed by atoms with Crippen LogP contribution in [0.3, 0.4) is 0 Å². The molecule has 0 spiro atoms. The Morgan fingerprint density at radius 3 is 2.28 bits per heavy atom. The number of aryl methyl sites for hydroxylation is 1. The lowest BCUT2D eigenvalue weighted by molar-refractivity contribution is -0.231. The summed E-state index contributed by atoms with van der Waals surface area (Å²) in [5.41, 5.74) is 1.91. The molecule has 0 aliphatic heterocycles. The molecule has 1 atom stereocenters. The lowest BCUT2D eigenvalue weighted by Crippen LogP contribution is -2.05. The summed E-state index contributed by atoms with van der Waals surface area (Å²) in [7, 11) is 0. The Labute approximate surface area is 106 Å². The maximum absolute atomic E-state index is 9.05. The van der Waals surface area contributed by atoms with Gasteiger partial charge in [0.25, 0.3) is 0 Å². The monoisotopic (exact) mass is 239 g/mol. The van der Waals surface area contributed by atoms with Gasteiger partial charge in [-0.3, -0.25) is 0 Å². The van der Waals surface area contributed by atoms with E-state index in [1.165, 1.54) is 0 Å². The first-order valence-corrected chi connectivity index (χ1v) is 5.64. The van der Waals surface area contributed by atoms with Crippen molar-refractivity contribution in [3.05, 3.63) is 65.7 Å². The van der Waals surface area contributed by atoms with Crippen LogP contribution in [0.4, 0.5) is 0 Å². The lowest BCUT2D eigenvalue weighted by atomic mass is 10.1. The molecule has 0 radical (unpaired) electrons. The summed E-state index contributed by atoms with van der Waals surface area (Å²) in [6.45, 7) is 1.99. The highest BCUT2D eigenvalue weighted by molar-refractivity contribution is 5.26. The van der Waals surface area contributed by atoms with E-state index < -0.39 is 6.10 Å². The first kappa shape index (κ1) is 12.2. The molecule has 3 heteroatoms. The van der Waals surface area contributed by atoms with Crippen LogP contribution in [0.1, 0.15) is 17.2 Å². The number of rotatable bonds is 4. The molecule has 0 heterocycles. The average molecular weight is 239 g/mol. The van der Waals surface area contributed by atoms with E-state index in [4.69, 9.17) is 15.0 Å². The van der Waals surface area contributed by atoms with Crippen molar-refractivity contribution in [3.63, 3.8) is 0 Å². The molecule has 0 fully saturated rings. The smallest absolute Gasteiger partial charge is 0.215 e. The SMILES string of the molecule is Cc1ccc(OOC(C#N)c2ccccc2)cc1. The van der Waals surface area contributed by atoms with Crippen LogP contribution in [0.25, 0.3) is 0 Å². The van der Waals surface area contributed by atoms with Crippen molar-refractivity contribution >= 4 is 0 Å². The molecule has 0 N–H and O–H groups in total. The molecule has 2 aromatic rings. The Morgan fingerprint density at radius 1 is 1.00 bits per heavy atom. The molecule has 2 aromatic carbocycles. The van der Waals surface area contributed by atoms with Gasteiger partial charge in [0.2, 0.25) is 6.10 Å². The van der Waals surface area contributed by atoms with Gasteiger partial charge in [0.15, 0.2) is 5.75 Å². The highest BCUT2D eigenvalue weighted by Crippen LogP contribution is 2.19. The Bertz CT molecular complexity index is 529. The predicted molar refractivity (Wildman–Crippen MR) is 67.7 cm³/mol. The minimum absolute atomic E-state index is 0.580. The number of nitriles is 1. The second-order valence-electron chi connectivity index (χ2n) is 3.91. The van der Waals surface area contributed by atoms with Crippen LogP contribution in [0, 0.1) is 18.3 Å². The summed E-state index contributed by atoms with van der Waals surface area (Å²) >= 11 is 0. The molecule has 0 amide bonds. The number of benzene rings is 2. The lowest BCUT2D eigenvalue weighted by Gasteiger charge is -2.10. The van der Waals surface area contributed by atoms with Crippen LogP contribution in [0.2, 0.25) is 0 Å². The first-order chi connectivity index (χ1) is 8.79. The molecule has 0 aliphatic rings. The molecule has 2 rings (SSSR count). The van der Waals surface area contributed by atoms with E-state index in [0.717, 1.165) is 11.1 Å². The van der Waals surface area contributed by atoms with Crippen LogP contribution in [-0.2, 0) is 4.89 Å². The van der Waals surface area contributed by atoms with E-state index in [1.54, 1.807) is 12.1 Å². The number of hydrogen-bond donors (Lipinski definition) is 0. The summed E-state index contributed by atoms with van der Waals surface area (Å²) in [4.78, 5) is 10.3. The van der Waals surface area contributed by atoms with Crippen molar-refractivity contribution in [3.8, 4) is 11.8 Å². The van der Waals surface area contributed by atoms with Crippen molar-refractivity contribution in [2.45, 2.75) is 13.0 Å². The molecule has 3 nitrogen and oxygen atoms in total. The van der Waals surface area contributed by atoms with Gasteiger partial charge in [-0.25, -0.2) is 0 Å². The van der Waals surface area contributed by atoms with Gasteiger partial charge in [0.1, 0.15) is 6.07 Å². The van der Waals surface area contributed by atoms with E-state index in [0.29, 0.717) is 5.75 Å². The fraction of sp³-hybridized carbons (Fsp3) is 0.133. The molecular weight excluding hydrogens is 226 g/mol. The van der Waals surface area contributed by atoms with E-state index in [9.17, 15) is 0 Å². The van der Waals surface area contributed by atoms with Crippen LogP contribution >= 0.6 is 0 Å². The van der Waals surface area contributed by atoms with Gasteiger partial charge in [-0.2, -0.15) is 10.1 Å². The third-order valence-electron chi connectivity index (χ3n) is 2.48. The van der Waals surface area contributed by atoms with Crippen molar-refractivity contribution in [1.29, 1.82) is 5.26 Å². The number of hydrogen-bond acceptors (Lipinski definition) is 3. The molecule has 0 bridgehead atoms. The van der Waals surface area contributed by atoms with Gasteiger partial charge < -0.3 is 4.89 Å². The maximum Gasteiger partial charge on any atom is 0.215 e. The maximum atomic E-state index is 9.05. The van der Waals surface area contributed by atoms with Crippen LogP contribution in [0.5, 0.6) is 5.75 Å². The minimum Gasteiger partial charge on any atom is -0.336 e. The van der Waals surface area contributed by atoms with Crippen molar-refractivity contribution in [2.75, 3.05) is 0 Å². The molecule has 0 saturated heterocycles. The van der Waals surface area contributed by atoms with E-state index in [2.05, 4.69) is 6.07 Å². The highest BCUT2D eigenvalue weighted by atomic mass is 17.2. The van der Waals surface area contributed by atoms with Gasteiger partial charge in [0.05, 0.1) is 0 Å². The van der Waals surface area contributed by atoms with Crippen molar-refractivity contribution in [2.24, 2.45) is 0 Å². The van der Waals surface area contributed by atoms with Crippen LogP contribution < -0.4 is 4.89 Å². The fourth-order valence-electron chi connectivity index (χ4n) is 1.48. The fourth-order valence-corrected chi connectivity index (χ4v) is 1.48. The number of nitrogens with zero attached hydrogens (tertiary/aromatic N) is 1. The zero-order valence-electron chi connectivity index (χ0n) is 10.0. The van der Waals surface area contributed by atoms with Gasteiger partial charge in [-0.15, -0.1) is 0 Å². The summed E-state index contributed by atoms with van der Waals surface area (Å²) in [6.07, 6.45) is -0.729. The Hall–Kier alpha value is -2.31. The molecule has 0 aliphatic carbocycles. The first-order valence-electron chi connectivity index (χ1n) is 5.64. The summed E-state index contributed by atoms with van der Waals surface area (Å²) in [6, 6.07) is 18.7. The molecule has 1 unspecified atom stereocenters. The molecule has 18 heavy (non-hydrogen) atoms. The van der Waals surface area contributed by atoms with Crippen LogP contribution in [-0.4, -0.2) is 0 Å². The summed E-state index contributed by atoms with van der Waals surface area (Å²) in [5.74, 6) is 0.580. The summed E-state index contributed by atoms with van der Waals surface area (Å²) in [5, 5.41) is 9.05. The average Bonchev–Trinajstić information content (AvgIpc) is 2.43. The summed E-state index contributed by atoms with van der Waals surface area (Å²) < 4.78 is 0. The third-order valence-corrected chi connectivity index (χ3v) is 2.48. The van der Waals surface area contributed by atoms with Crippen molar-refractivity contribution < 1.29 is 9.78 Å². The molecule has 0 saturated carbocycles. The van der Waals surface area contributed by atoms with Gasteiger partial charge in [-0.05, 0) is 24.6 Å². The molecular formula is C15H13NO2. The minimum atomic E-state index is -0.729. The zero-order valence-corrected chi connectivity index (χ0v) is 10.0. The second-order valence-corrected chi connectivity index (χ2v) is 3.91. The van der Waals surface area contributed by atoms with Crippen molar-refractivity contribution in [1.82, 2.24) is 0 Å². The third kappa shape index (κ3) is 3.09. The quantitative estimate of drug-likeness (QED) is 0.605. The second kappa shape index (κ2) is 5.85. The Kier molecular flexibility index (Phi) is 3.95. The molecule has 0 aromatic heterocycles. The van der Waals surface area contributed by atoms with E-state index in [-0.39, 0.29) is 0 Å². The zero-order chi connectivity index (χ0) is 12.8. The van der Waals surface area contributed by atoms with E-state index in [1.807, 2.05) is 49.4 Å². The van der Waals surface area contributed by atoms with Gasteiger partial charge in [0, 0.05) is 0 Å². The largest absolute Gasteiger partial charge is 0.336 e. The van der Waals surface area contributed by atoms with Gasteiger partial charge >= 0.3 is 0 Å². The van der Waals surface area contributed by atoms with E-state index >= 15 is 0 Å². The molecule has 90 valence electrons. The normalized spacial score (nSPS) is 11.6. The topological polar surface area (TPSA) is 42.2 Å². The van der Waals surface area contributed by atoms with Crippen LogP contribution in [0.15, 0.2) is 54.6 Å². The van der Waals surface area contributed by atoms with Gasteiger partial charge in [-0.1, -0.05) is 48.0 Å². The Morgan fingerprint density at radius 2 is 1.67 bits per heavy atom. The standard InChI is InChI=1S/C15H13NO2/c1-12-7-9-14(10-8-12)17-18-15(11-16)13-5-3-2-4-6-13/h2-10,15H,1H3. The highest BCUT2D eigenvalue weighted by Gasteiger charge is 2.12. The predicted octanol–water partition coefficient (Wildman–Crippen LogP) is 3.57. The Balaban J connectivity index is 2.00.